The summed E-state index contributed by atoms with van der Waals surface area (Å²) < 4.78 is 0. The summed E-state index contributed by atoms with van der Waals surface area (Å²) in [6.07, 6.45) is 2.02. The van der Waals surface area contributed by atoms with Crippen molar-refractivity contribution in [3.8, 4) is 11.3 Å². The average molecular weight is 428 g/mol. The maximum Gasteiger partial charge on any atom is 0.242 e. The maximum atomic E-state index is 12.6. The number of piperazine rings is 1. The molecule has 1 aliphatic rings. The summed E-state index contributed by atoms with van der Waals surface area (Å²) in [4.78, 5) is 30.0. The quantitative estimate of drug-likeness (QED) is 0.635. The highest BCUT2D eigenvalue weighted by atomic mass is 35.5. The summed E-state index contributed by atoms with van der Waals surface area (Å²) in [7, 11) is 0. The molecule has 0 spiro atoms. The molecular formula is C22H26ClN5O2. The van der Waals surface area contributed by atoms with Crippen LogP contribution in [0.5, 0.6) is 0 Å². The molecule has 0 aliphatic carbocycles. The molecule has 30 heavy (non-hydrogen) atoms. The molecule has 0 bridgehead atoms. The van der Waals surface area contributed by atoms with Crippen LogP contribution in [0.1, 0.15) is 13.3 Å². The minimum atomic E-state index is -0.0456. The number of hydrogen-bond acceptors (Lipinski definition) is 5. The second-order valence-electron chi connectivity index (χ2n) is 7.04. The van der Waals surface area contributed by atoms with Crippen LogP contribution in [-0.4, -0.2) is 71.1 Å². The standard InChI is InChI=1S/C22H26ClN5O2/c1-3-11-28(21(29)4-2)16-22(30)27-14-12-26(13-15-27)20-10-9-19(24-25-20)17-7-5-6-8-18(17)23/h3,5-10H,1,4,11-16H2,2H3. The van der Waals surface area contributed by atoms with Gasteiger partial charge in [0.1, 0.15) is 6.54 Å². The maximum absolute atomic E-state index is 12.6. The predicted molar refractivity (Wildman–Crippen MR) is 118 cm³/mol. The Morgan fingerprint density at radius 3 is 2.47 bits per heavy atom. The van der Waals surface area contributed by atoms with Crippen LogP contribution >= 0.6 is 11.6 Å². The highest BCUT2D eigenvalue weighted by Gasteiger charge is 2.24. The Balaban J connectivity index is 1.57. The topological polar surface area (TPSA) is 69.6 Å². The molecule has 2 heterocycles. The fourth-order valence-corrected chi connectivity index (χ4v) is 3.62. The van der Waals surface area contributed by atoms with Crippen LogP contribution in [0.15, 0.2) is 49.1 Å². The fourth-order valence-electron chi connectivity index (χ4n) is 3.39. The predicted octanol–water partition coefficient (Wildman–Crippen LogP) is 2.87. The van der Waals surface area contributed by atoms with Crippen LogP contribution in [0, 0.1) is 0 Å². The third kappa shape index (κ3) is 5.16. The lowest BCUT2D eigenvalue weighted by Crippen LogP contribution is -2.52. The van der Waals surface area contributed by atoms with Crippen LogP contribution in [0.2, 0.25) is 5.02 Å². The van der Waals surface area contributed by atoms with E-state index in [2.05, 4.69) is 21.7 Å². The molecule has 1 aromatic carbocycles. The van der Waals surface area contributed by atoms with Crippen LogP contribution in [0.4, 0.5) is 5.82 Å². The van der Waals surface area contributed by atoms with Gasteiger partial charge in [0.2, 0.25) is 11.8 Å². The van der Waals surface area contributed by atoms with E-state index in [0.29, 0.717) is 44.2 Å². The van der Waals surface area contributed by atoms with Gasteiger partial charge < -0.3 is 14.7 Å². The zero-order chi connectivity index (χ0) is 21.5. The Bertz CT molecular complexity index is 895. The van der Waals surface area contributed by atoms with Gasteiger partial charge in [0.15, 0.2) is 5.82 Å². The van der Waals surface area contributed by atoms with Gasteiger partial charge in [-0.25, -0.2) is 0 Å². The first kappa shape index (κ1) is 21.8. The second-order valence-corrected chi connectivity index (χ2v) is 7.45. The van der Waals surface area contributed by atoms with Gasteiger partial charge in [0, 0.05) is 44.7 Å². The Morgan fingerprint density at radius 1 is 1.13 bits per heavy atom. The Kier molecular flexibility index (Phi) is 7.41. The molecule has 0 unspecified atom stereocenters. The summed E-state index contributed by atoms with van der Waals surface area (Å²) in [5.74, 6) is 0.682. The largest absolute Gasteiger partial charge is 0.352 e. The minimum absolute atomic E-state index is 0.0431. The number of amides is 2. The number of hydrogen-bond donors (Lipinski definition) is 0. The number of rotatable bonds is 7. The molecule has 0 N–H and O–H groups in total. The number of halogens is 1. The fraction of sp³-hybridized carbons (Fsp3) is 0.364. The first-order valence-electron chi connectivity index (χ1n) is 10.0. The molecule has 2 amide bonds. The minimum Gasteiger partial charge on any atom is -0.352 e. The van der Waals surface area contributed by atoms with Crippen LogP contribution in [0.3, 0.4) is 0 Å². The lowest BCUT2D eigenvalue weighted by atomic mass is 10.1. The number of anilines is 1. The van der Waals surface area contributed by atoms with Gasteiger partial charge >= 0.3 is 0 Å². The smallest absolute Gasteiger partial charge is 0.242 e. The molecule has 158 valence electrons. The third-order valence-corrected chi connectivity index (χ3v) is 5.42. The molecule has 1 aromatic heterocycles. The van der Waals surface area contributed by atoms with E-state index in [-0.39, 0.29) is 18.4 Å². The molecule has 1 aliphatic heterocycles. The molecule has 3 rings (SSSR count). The third-order valence-electron chi connectivity index (χ3n) is 5.09. The van der Waals surface area contributed by atoms with Crippen molar-refractivity contribution in [1.29, 1.82) is 0 Å². The van der Waals surface area contributed by atoms with Crippen molar-refractivity contribution < 1.29 is 9.59 Å². The van der Waals surface area contributed by atoms with Crippen LogP contribution in [-0.2, 0) is 9.59 Å². The van der Waals surface area contributed by atoms with Gasteiger partial charge in [0.05, 0.1) is 10.7 Å². The zero-order valence-corrected chi connectivity index (χ0v) is 17.9. The van der Waals surface area contributed by atoms with Crippen molar-refractivity contribution in [1.82, 2.24) is 20.0 Å². The first-order chi connectivity index (χ1) is 14.5. The van der Waals surface area contributed by atoms with Gasteiger partial charge in [-0.15, -0.1) is 16.8 Å². The summed E-state index contributed by atoms with van der Waals surface area (Å²) in [5, 5.41) is 9.30. The highest BCUT2D eigenvalue weighted by molar-refractivity contribution is 6.33. The second kappa shape index (κ2) is 10.2. The van der Waals surface area contributed by atoms with Crippen molar-refractivity contribution in [3.63, 3.8) is 0 Å². The van der Waals surface area contributed by atoms with E-state index in [1.807, 2.05) is 36.4 Å². The van der Waals surface area contributed by atoms with Crippen molar-refractivity contribution in [2.45, 2.75) is 13.3 Å². The first-order valence-corrected chi connectivity index (χ1v) is 10.4. The average Bonchev–Trinajstić information content (AvgIpc) is 2.79. The lowest BCUT2D eigenvalue weighted by Gasteiger charge is -2.36. The van der Waals surface area contributed by atoms with Gasteiger partial charge in [0.25, 0.3) is 0 Å². The number of carbonyl (C=O) groups excluding carboxylic acids is 2. The molecule has 0 saturated carbocycles. The number of carbonyl (C=O) groups is 2. The van der Waals surface area contributed by atoms with E-state index >= 15 is 0 Å². The van der Waals surface area contributed by atoms with Gasteiger partial charge in [-0.1, -0.05) is 42.8 Å². The number of aromatic nitrogens is 2. The molecule has 2 aromatic rings. The lowest BCUT2D eigenvalue weighted by molar-refractivity contribution is -0.140. The normalized spacial score (nSPS) is 13.8. The summed E-state index contributed by atoms with van der Waals surface area (Å²) in [6, 6.07) is 11.4. The van der Waals surface area contributed by atoms with Gasteiger partial charge in [-0.05, 0) is 18.2 Å². The summed E-state index contributed by atoms with van der Waals surface area (Å²) >= 11 is 6.23. The molecule has 7 nitrogen and oxygen atoms in total. The highest BCUT2D eigenvalue weighted by Crippen LogP contribution is 2.26. The molecule has 1 saturated heterocycles. The van der Waals surface area contributed by atoms with Gasteiger partial charge in [-0.3, -0.25) is 9.59 Å². The van der Waals surface area contributed by atoms with E-state index < -0.39 is 0 Å². The van der Waals surface area contributed by atoms with Crippen molar-refractivity contribution >= 4 is 29.2 Å². The van der Waals surface area contributed by atoms with Gasteiger partial charge in [-0.2, -0.15) is 0 Å². The van der Waals surface area contributed by atoms with E-state index in [4.69, 9.17) is 11.6 Å². The summed E-state index contributed by atoms with van der Waals surface area (Å²) in [6.45, 7) is 8.41. The van der Waals surface area contributed by atoms with Crippen molar-refractivity contribution in [2.75, 3.05) is 44.2 Å². The SMILES string of the molecule is C=CCN(CC(=O)N1CCN(c2ccc(-c3ccccc3Cl)nn2)CC1)C(=O)CC. The molecule has 0 radical (unpaired) electrons. The summed E-state index contributed by atoms with van der Waals surface area (Å²) in [5.41, 5.74) is 1.57. The Hall–Kier alpha value is -2.93. The van der Waals surface area contributed by atoms with E-state index in [1.54, 1.807) is 22.8 Å². The number of benzene rings is 1. The monoisotopic (exact) mass is 427 g/mol. The van der Waals surface area contributed by atoms with E-state index in [0.717, 1.165) is 17.1 Å². The molecular weight excluding hydrogens is 402 g/mol. The Morgan fingerprint density at radius 2 is 1.87 bits per heavy atom. The van der Waals surface area contributed by atoms with Crippen LogP contribution in [0.25, 0.3) is 11.3 Å². The molecule has 1 fully saturated rings. The van der Waals surface area contributed by atoms with Crippen molar-refractivity contribution in [2.24, 2.45) is 0 Å². The van der Waals surface area contributed by atoms with Crippen LogP contribution < -0.4 is 4.90 Å². The molecule has 8 heteroatoms. The van der Waals surface area contributed by atoms with E-state index in [9.17, 15) is 9.59 Å². The zero-order valence-electron chi connectivity index (χ0n) is 17.1. The Labute approximate surface area is 181 Å². The molecule has 0 atom stereocenters. The van der Waals surface area contributed by atoms with E-state index in [1.165, 1.54) is 0 Å². The number of nitrogens with zero attached hydrogens (tertiary/aromatic N) is 5. The van der Waals surface area contributed by atoms with Crippen molar-refractivity contribution in [3.05, 3.63) is 54.1 Å².